The number of carboxylic acids is 1. The van der Waals surface area contributed by atoms with E-state index in [9.17, 15) is 39.0 Å². The van der Waals surface area contributed by atoms with Gasteiger partial charge in [-0.1, -0.05) is 121 Å². The number of rotatable bonds is 19. The van der Waals surface area contributed by atoms with Gasteiger partial charge < -0.3 is 60.7 Å². The first-order valence-corrected chi connectivity index (χ1v) is 24.6. The number of ether oxygens (including phenoxy) is 4. The minimum absolute atomic E-state index is 0. The fourth-order valence-corrected chi connectivity index (χ4v) is 8.59. The third-order valence-electron chi connectivity index (χ3n) is 10.5. The van der Waals surface area contributed by atoms with E-state index in [1.165, 1.54) is 17.4 Å². The molecule has 0 saturated heterocycles. The van der Waals surface area contributed by atoms with Crippen molar-refractivity contribution < 1.29 is 81.9 Å². The number of aliphatic hydroxyl groups excluding tert-OH is 2. The van der Waals surface area contributed by atoms with Crippen LogP contribution in [-0.4, -0.2) is 81.4 Å². The molecule has 19 nitrogen and oxygen atoms in total. The Morgan fingerprint density at radius 2 is 0.909 bits per heavy atom. The number of nitrogens with two attached hydrogens (primary N) is 1. The second-order valence-electron chi connectivity index (χ2n) is 15.8. The Morgan fingerprint density at radius 1 is 0.545 bits per heavy atom. The number of fused-ring (bicyclic) bond motifs is 2. The maximum Gasteiger partial charge on any atom is 1.00 e. The molecule has 2 atom stereocenters. The van der Waals surface area contributed by atoms with Gasteiger partial charge in [-0.15, -0.1) is 35.1 Å². The summed E-state index contributed by atoms with van der Waals surface area (Å²) in [5.74, 6) is -2.98. The van der Waals surface area contributed by atoms with Gasteiger partial charge in [0.25, 0.3) is 5.91 Å². The topological polar surface area (TPSA) is 291 Å². The fraction of sp³-hybridized carbons (Fsp3) is 0.185. The van der Waals surface area contributed by atoms with Crippen LogP contribution in [0.1, 0.15) is 52.7 Å². The first kappa shape index (κ1) is 61.8. The van der Waals surface area contributed by atoms with Crippen molar-refractivity contribution >= 4 is 91.5 Å². The Bertz CT molecular complexity index is 3140. The molecule has 0 saturated carbocycles. The summed E-state index contributed by atoms with van der Waals surface area (Å²) in [6.45, 7) is -0.323. The first-order valence-electron chi connectivity index (χ1n) is 23.0. The average molecular weight is 1100 g/mol. The van der Waals surface area contributed by atoms with Gasteiger partial charge in [-0.05, 0) is 57.6 Å². The van der Waals surface area contributed by atoms with Gasteiger partial charge >= 0.3 is 43.0 Å². The number of halogens is 1. The van der Waals surface area contributed by atoms with Gasteiger partial charge in [0, 0.05) is 25.5 Å². The fourth-order valence-electron chi connectivity index (χ4n) is 6.60. The van der Waals surface area contributed by atoms with Gasteiger partial charge in [0.05, 0.1) is 49.4 Å². The molecule has 8 rings (SSSR count). The van der Waals surface area contributed by atoms with Gasteiger partial charge in [0.1, 0.15) is 38.5 Å². The second-order valence-corrected chi connectivity index (χ2v) is 17.9. The SMILES string of the molecule is Cl.NC[C@@H](NC(=O)OCc1ccccc1)C(=O)OCc1ccccc1.O=C(N[C@H](CNC(=O)c1cc2nccc(CO)c2s1)C(=O)OCc1ccccc1)OCc1ccccc1.O=C([O-])c1cc2nccc(CO)c2s1.[Li+]. The van der Waals surface area contributed by atoms with Crippen LogP contribution in [0.4, 0.5) is 9.59 Å². The number of nitrogens with zero attached hydrogens (tertiary/aromatic N) is 2. The van der Waals surface area contributed by atoms with E-state index in [2.05, 4.69) is 25.9 Å². The van der Waals surface area contributed by atoms with Crippen molar-refractivity contribution in [2.75, 3.05) is 13.1 Å². The number of carbonyl (C=O) groups is 6. The van der Waals surface area contributed by atoms with Crippen LogP contribution in [0.15, 0.2) is 158 Å². The van der Waals surface area contributed by atoms with E-state index >= 15 is 0 Å². The number of esters is 2. The first-order chi connectivity index (χ1) is 36.4. The van der Waals surface area contributed by atoms with E-state index in [0.717, 1.165) is 33.6 Å². The Balaban J connectivity index is 0.000000274. The maximum atomic E-state index is 12.8. The summed E-state index contributed by atoms with van der Waals surface area (Å²) < 4.78 is 22.2. The summed E-state index contributed by atoms with van der Waals surface area (Å²) in [5, 5.41) is 36.7. The molecule has 0 unspecified atom stereocenters. The molecular weight excluding hydrogens is 1050 g/mol. The average Bonchev–Trinajstić information content (AvgIpc) is 4.11. The van der Waals surface area contributed by atoms with Crippen LogP contribution >= 0.6 is 35.1 Å². The van der Waals surface area contributed by atoms with Crippen LogP contribution in [-0.2, 0) is 68.2 Å². The number of pyridine rings is 2. The van der Waals surface area contributed by atoms with Crippen LogP contribution < -0.4 is 45.7 Å². The van der Waals surface area contributed by atoms with Crippen molar-refractivity contribution in [2.24, 2.45) is 5.73 Å². The molecule has 4 heterocycles. The van der Waals surface area contributed by atoms with Crippen LogP contribution in [0.3, 0.4) is 0 Å². The number of thiophene rings is 2. The van der Waals surface area contributed by atoms with Crippen molar-refractivity contribution in [1.82, 2.24) is 25.9 Å². The molecule has 23 heteroatoms. The number of benzene rings is 4. The number of alkyl carbamates (subject to hydrolysis) is 2. The number of aromatic nitrogens is 2. The molecule has 0 aliphatic heterocycles. The summed E-state index contributed by atoms with van der Waals surface area (Å²) in [7, 11) is 0. The minimum atomic E-state index is -1.21. The normalized spacial score (nSPS) is 11.0. The van der Waals surface area contributed by atoms with Gasteiger partial charge in [-0.25, -0.2) is 19.2 Å². The Labute approximate surface area is 468 Å². The summed E-state index contributed by atoms with van der Waals surface area (Å²) in [4.78, 5) is 81.1. The number of amides is 3. The zero-order chi connectivity index (χ0) is 53.4. The van der Waals surface area contributed by atoms with Crippen LogP contribution in [0.5, 0.6) is 0 Å². The molecule has 4 aromatic carbocycles. The number of nitrogens with one attached hydrogen (secondary N) is 3. The molecule has 0 aliphatic carbocycles. The number of hydrogen-bond donors (Lipinski definition) is 6. The molecule has 3 amide bonds. The number of carboxylic acid groups (broad SMARTS) is 1. The number of carbonyl (C=O) groups excluding carboxylic acids is 6. The maximum absolute atomic E-state index is 12.8. The molecule has 0 aliphatic rings. The zero-order valence-corrected chi connectivity index (χ0v) is 43.9. The predicted molar refractivity (Wildman–Crippen MR) is 284 cm³/mol. The van der Waals surface area contributed by atoms with Crippen molar-refractivity contribution in [3.8, 4) is 0 Å². The molecular formula is C54H52ClLiN6O13S2. The Kier molecular flexibility index (Phi) is 26.2. The van der Waals surface area contributed by atoms with Crippen molar-refractivity contribution in [2.45, 2.75) is 51.7 Å². The summed E-state index contributed by atoms with van der Waals surface area (Å²) in [6, 6.07) is 41.0. The van der Waals surface area contributed by atoms with Crippen LogP contribution in [0.2, 0.25) is 0 Å². The number of hydrogen-bond acceptors (Lipinski definition) is 18. The molecule has 4 aromatic heterocycles. The predicted octanol–water partition coefficient (Wildman–Crippen LogP) is 3.12. The van der Waals surface area contributed by atoms with E-state index in [0.29, 0.717) is 36.4 Å². The number of aromatic carboxylic acids is 1. The quantitative estimate of drug-likeness (QED) is 0.0385. The van der Waals surface area contributed by atoms with Crippen molar-refractivity contribution in [1.29, 1.82) is 0 Å². The molecule has 8 aromatic rings. The van der Waals surface area contributed by atoms with Gasteiger partial charge in [-0.2, -0.15) is 0 Å². The molecule has 77 heavy (non-hydrogen) atoms. The van der Waals surface area contributed by atoms with Crippen LogP contribution in [0, 0.1) is 0 Å². The van der Waals surface area contributed by atoms with Crippen molar-refractivity contribution in [3.05, 3.63) is 201 Å². The summed E-state index contributed by atoms with van der Waals surface area (Å²) in [5.41, 5.74) is 11.3. The molecule has 0 radical (unpaired) electrons. The Morgan fingerprint density at radius 3 is 1.30 bits per heavy atom. The van der Waals surface area contributed by atoms with E-state index < -0.39 is 48.1 Å². The van der Waals surface area contributed by atoms with Gasteiger partial charge in [-0.3, -0.25) is 14.8 Å². The second kappa shape index (κ2) is 32.7. The summed E-state index contributed by atoms with van der Waals surface area (Å²) >= 11 is 2.25. The molecule has 0 bridgehead atoms. The van der Waals surface area contributed by atoms with Crippen molar-refractivity contribution in [3.63, 3.8) is 0 Å². The van der Waals surface area contributed by atoms with E-state index in [1.807, 2.05) is 109 Å². The minimum Gasteiger partial charge on any atom is -0.544 e. The third kappa shape index (κ3) is 19.7. The van der Waals surface area contributed by atoms with E-state index in [-0.39, 0.29) is 88.9 Å². The monoisotopic (exact) mass is 1100 g/mol. The van der Waals surface area contributed by atoms with Crippen LogP contribution in [0.25, 0.3) is 20.4 Å². The Hall–Kier alpha value is -7.71. The van der Waals surface area contributed by atoms with E-state index in [4.69, 9.17) is 29.8 Å². The summed E-state index contributed by atoms with van der Waals surface area (Å²) in [6.07, 6.45) is 1.57. The van der Waals surface area contributed by atoms with E-state index in [1.54, 1.807) is 42.7 Å². The molecule has 396 valence electrons. The molecule has 0 fully saturated rings. The smallest absolute Gasteiger partial charge is 0.544 e. The molecule has 0 spiro atoms. The number of aliphatic hydroxyl groups is 2. The largest absolute Gasteiger partial charge is 1.00 e. The molecule has 7 N–H and O–H groups in total. The van der Waals surface area contributed by atoms with Gasteiger partial charge in [0.2, 0.25) is 0 Å². The third-order valence-corrected chi connectivity index (χ3v) is 12.9. The van der Waals surface area contributed by atoms with Gasteiger partial charge in [0.15, 0.2) is 0 Å². The standard InChI is InChI=1S/C27H25N3O6S.C18H20N2O4.C9H7NO3S.ClH.Li/c31-15-20-11-12-28-21-13-23(37-24(20)21)25(32)29-14-22(26(33)35-16-18-7-3-1-4-8-18)30-27(34)36-17-19-9-5-2-6-10-19;19-11-16(17(21)23-12-14-7-3-1-4-8-14)20-18(22)24-13-15-9-5-2-6-10-15;11-4-5-1-2-10-6-3-7(9(12)13)14-8(5)6;;/h1-13,22,31H,14-17H2,(H,29,32)(H,30,34);1-10,16H,11-13,19H2,(H,20,22);1-3,11H,4H2,(H,12,13);1H;/q;;;;+1/p-1/t22-;16-;;;/m11.../s1. The zero-order valence-electron chi connectivity index (χ0n) is 41.4.